The number of carbonyl (C=O) groups is 2. The predicted octanol–water partition coefficient (Wildman–Crippen LogP) is 3.30. The van der Waals surface area contributed by atoms with E-state index in [1.165, 1.54) is 0 Å². The standard InChI is InChI=1S/C22H19N3O4/c1-14-4-2-5-16(10-14)24-22(27)18-7-3-6-17(25-18)21(26)23-12-15-8-9-19-20(11-15)29-13-28-19/h2-11H,12-13H2,1H3,(H,23,26)(H,24,27). The molecule has 0 radical (unpaired) electrons. The molecule has 0 atom stereocenters. The number of aromatic nitrogens is 1. The van der Waals surface area contributed by atoms with Gasteiger partial charge in [0.2, 0.25) is 6.79 Å². The van der Waals surface area contributed by atoms with E-state index in [1.807, 2.05) is 37.3 Å². The Bertz CT molecular complexity index is 1080. The Balaban J connectivity index is 1.41. The minimum atomic E-state index is -0.374. The van der Waals surface area contributed by atoms with Crippen LogP contribution in [0.4, 0.5) is 5.69 Å². The molecule has 0 saturated carbocycles. The number of fused-ring (bicyclic) bond motifs is 1. The molecule has 7 heteroatoms. The summed E-state index contributed by atoms with van der Waals surface area (Å²) in [4.78, 5) is 29.1. The molecule has 1 aliphatic rings. The van der Waals surface area contributed by atoms with Gasteiger partial charge in [-0.2, -0.15) is 0 Å². The number of aryl methyl sites for hydroxylation is 1. The van der Waals surface area contributed by atoms with E-state index < -0.39 is 0 Å². The Morgan fingerprint density at radius 1 is 0.931 bits per heavy atom. The quantitative estimate of drug-likeness (QED) is 0.699. The summed E-state index contributed by atoms with van der Waals surface area (Å²) in [7, 11) is 0. The van der Waals surface area contributed by atoms with E-state index >= 15 is 0 Å². The maximum Gasteiger partial charge on any atom is 0.274 e. The summed E-state index contributed by atoms with van der Waals surface area (Å²) in [5.41, 5.74) is 2.92. The van der Waals surface area contributed by atoms with Crippen LogP contribution in [0.25, 0.3) is 0 Å². The molecule has 1 aliphatic heterocycles. The predicted molar refractivity (Wildman–Crippen MR) is 107 cm³/mol. The molecule has 2 aromatic carbocycles. The number of ether oxygens (including phenoxy) is 2. The lowest BCUT2D eigenvalue weighted by molar-refractivity contribution is 0.0945. The summed E-state index contributed by atoms with van der Waals surface area (Å²) in [6.45, 7) is 2.45. The van der Waals surface area contributed by atoms with Crippen molar-refractivity contribution in [3.05, 3.63) is 83.2 Å². The molecular formula is C22H19N3O4. The van der Waals surface area contributed by atoms with E-state index in [0.29, 0.717) is 23.7 Å². The van der Waals surface area contributed by atoms with Crippen molar-refractivity contribution < 1.29 is 19.1 Å². The van der Waals surface area contributed by atoms with Gasteiger partial charge in [0.25, 0.3) is 11.8 Å². The maximum absolute atomic E-state index is 12.5. The Morgan fingerprint density at radius 3 is 2.52 bits per heavy atom. The number of hydrogen-bond acceptors (Lipinski definition) is 5. The molecular weight excluding hydrogens is 370 g/mol. The zero-order valence-electron chi connectivity index (χ0n) is 15.8. The number of anilines is 1. The molecule has 7 nitrogen and oxygen atoms in total. The highest BCUT2D eigenvalue weighted by Crippen LogP contribution is 2.32. The molecule has 2 heterocycles. The number of benzene rings is 2. The van der Waals surface area contributed by atoms with Crippen molar-refractivity contribution >= 4 is 17.5 Å². The van der Waals surface area contributed by atoms with Gasteiger partial charge >= 0.3 is 0 Å². The van der Waals surface area contributed by atoms with Crippen molar-refractivity contribution in [2.75, 3.05) is 12.1 Å². The molecule has 2 amide bonds. The zero-order valence-corrected chi connectivity index (χ0v) is 15.8. The highest BCUT2D eigenvalue weighted by Gasteiger charge is 2.15. The van der Waals surface area contributed by atoms with E-state index in [9.17, 15) is 9.59 Å². The first-order valence-electron chi connectivity index (χ1n) is 9.10. The maximum atomic E-state index is 12.5. The van der Waals surface area contributed by atoms with Crippen LogP contribution in [-0.4, -0.2) is 23.6 Å². The summed E-state index contributed by atoms with van der Waals surface area (Å²) in [5.74, 6) is 0.604. The van der Waals surface area contributed by atoms with Crippen LogP contribution in [0, 0.1) is 6.92 Å². The number of hydrogen-bond donors (Lipinski definition) is 2. The molecule has 0 aliphatic carbocycles. The van der Waals surface area contributed by atoms with Crippen LogP contribution in [0.2, 0.25) is 0 Å². The van der Waals surface area contributed by atoms with Gasteiger partial charge in [-0.1, -0.05) is 24.3 Å². The zero-order chi connectivity index (χ0) is 20.2. The van der Waals surface area contributed by atoms with Crippen molar-refractivity contribution in [2.24, 2.45) is 0 Å². The summed E-state index contributed by atoms with van der Waals surface area (Å²) in [5, 5.41) is 5.59. The molecule has 0 spiro atoms. The largest absolute Gasteiger partial charge is 0.454 e. The first-order valence-corrected chi connectivity index (χ1v) is 9.10. The van der Waals surface area contributed by atoms with Crippen molar-refractivity contribution in [1.82, 2.24) is 10.3 Å². The summed E-state index contributed by atoms with van der Waals surface area (Å²) in [6.07, 6.45) is 0. The van der Waals surface area contributed by atoms with E-state index in [0.717, 1.165) is 11.1 Å². The van der Waals surface area contributed by atoms with Gasteiger partial charge in [-0.05, 0) is 54.4 Å². The fraction of sp³-hybridized carbons (Fsp3) is 0.136. The van der Waals surface area contributed by atoms with E-state index in [-0.39, 0.29) is 30.0 Å². The second-order valence-corrected chi connectivity index (χ2v) is 6.60. The Kier molecular flexibility index (Phi) is 5.11. The van der Waals surface area contributed by atoms with Crippen LogP contribution in [0.15, 0.2) is 60.7 Å². The molecule has 0 fully saturated rings. The van der Waals surface area contributed by atoms with Crippen molar-refractivity contribution in [1.29, 1.82) is 0 Å². The lowest BCUT2D eigenvalue weighted by Gasteiger charge is -2.08. The topological polar surface area (TPSA) is 89.6 Å². The molecule has 1 aromatic heterocycles. The van der Waals surface area contributed by atoms with E-state index in [4.69, 9.17) is 9.47 Å². The third kappa shape index (κ3) is 4.35. The highest BCUT2D eigenvalue weighted by atomic mass is 16.7. The van der Waals surface area contributed by atoms with Crippen molar-refractivity contribution in [2.45, 2.75) is 13.5 Å². The monoisotopic (exact) mass is 389 g/mol. The van der Waals surface area contributed by atoms with Crippen LogP contribution >= 0.6 is 0 Å². The average Bonchev–Trinajstić information content (AvgIpc) is 3.20. The highest BCUT2D eigenvalue weighted by molar-refractivity contribution is 6.03. The number of carbonyl (C=O) groups excluding carboxylic acids is 2. The molecule has 0 unspecified atom stereocenters. The van der Waals surface area contributed by atoms with E-state index in [2.05, 4.69) is 15.6 Å². The van der Waals surface area contributed by atoms with Crippen LogP contribution in [-0.2, 0) is 6.54 Å². The molecule has 2 N–H and O–H groups in total. The fourth-order valence-corrected chi connectivity index (χ4v) is 2.93. The number of rotatable bonds is 5. The second-order valence-electron chi connectivity index (χ2n) is 6.60. The lowest BCUT2D eigenvalue weighted by atomic mass is 10.2. The third-order valence-electron chi connectivity index (χ3n) is 4.38. The van der Waals surface area contributed by atoms with Gasteiger partial charge in [0, 0.05) is 12.2 Å². The smallest absolute Gasteiger partial charge is 0.274 e. The number of amides is 2. The van der Waals surface area contributed by atoms with Gasteiger partial charge in [-0.25, -0.2) is 4.98 Å². The Morgan fingerprint density at radius 2 is 1.69 bits per heavy atom. The number of nitrogens with zero attached hydrogens (tertiary/aromatic N) is 1. The van der Waals surface area contributed by atoms with Crippen LogP contribution in [0.5, 0.6) is 11.5 Å². The van der Waals surface area contributed by atoms with Gasteiger partial charge in [-0.3, -0.25) is 9.59 Å². The first kappa shape index (κ1) is 18.5. The molecule has 146 valence electrons. The molecule has 29 heavy (non-hydrogen) atoms. The summed E-state index contributed by atoms with van der Waals surface area (Å²) in [6, 6.07) is 17.7. The van der Waals surface area contributed by atoms with E-state index in [1.54, 1.807) is 30.3 Å². The second kappa shape index (κ2) is 8.02. The average molecular weight is 389 g/mol. The van der Waals surface area contributed by atoms with Crippen LogP contribution in [0.1, 0.15) is 32.1 Å². The normalized spacial score (nSPS) is 11.8. The van der Waals surface area contributed by atoms with Crippen LogP contribution < -0.4 is 20.1 Å². The molecule has 0 saturated heterocycles. The number of nitrogens with one attached hydrogen (secondary N) is 2. The summed E-state index contributed by atoms with van der Waals surface area (Å²) >= 11 is 0. The molecule has 0 bridgehead atoms. The summed E-state index contributed by atoms with van der Waals surface area (Å²) < 4.78 is 10.6. The fourth-order valence-electron chi connectivity index (χ4n) is 2.93. The molecule has 3 aromatic rings. The van der Waals surface area contributed by atoms with Crippen molar-refractivity contribution in [3.8, 4) is 11.5 Å². The minimum absolute atomic E-state index is 0.169. The van der Waals surface area contributed by atoms with Gasteiger partial charge in [-0.15, -0.1) is 0 Å². The lowest BCUT2D eigenvalue weighted by Crippen LogP contribution is -2.25. The van der Waals surface area contributed by atoms with Gasteiger partial charge < -0.3 is 20.1 Å². The molecule has 4 rings (SSSR count). The van der Waals surface area contributed by atoms with Crippen molar-refractivity contribution in [3.63, 3.8) is 0 Å². The Labute approximate surface area is 167 Å². The first-order chi connectivity index (χ1) is 14.1. The SMILES string of the molecule is Cc1cccc(NC(=O)c2cccc(C(=O)NCc3ccc4c(c3)OCO4)n2)c1. The van der Waals surface area contributed by atoms with Gasteiger partial charge in [0.15, 0.2) is 11.5 Å². The third-order valence-corrected chi connectivity index (χ3v) is 4.38. The Hall–Kier alpha value is -3.87. The number of pyridine rings is 1. The minimum Gasteiger partial charge on any atom is -0.454 e. The van der Waals surface area contributed by atoms with Crippen LogP contribution in [0.3, 0.4) is 0 Å². The van der Waals surface area contributed by atoms with Gasteiger partial charge in [0.1, 0.15) is 11.4 Å². The van der Waals surface area contributed by atoms with Gasteiger partial charge in [0.05, 0.1) is 0 Å².